The molecule has 0 saturated heterocycles. The van der Waals surface area contributed by atoms with Gasteiger partial charge in [0.25, 0.3) is 5.91 Å². The minimum absolute atomic E-state index is 0.196. The average Bonchev–Trinajstić information content (AvgIpc) is 3.65. The molecule has 3 heterocycles. The van der Waals surface area contributed by atoms with Crippen LogP contribution in [0.15, 0.2) is 95.9 Å². The zero-order valence-electron chi connectivity index (χ0n) is 19.2. The second-order valence-corrected chi connectivity index (χ2v) is 8.21. The van der Waals surface area contributed by atoms with E-state index in [0.29, 0.717) is 30.8 Å². The number of hydrogen-bond donors (Lipinski definition) is 0. The van der Waals surface area contributed by atoms with Crippen LogP contribution in [0.2, 0.25) is 0 Å². The van der Waals surface area contributed by atoms with E-state index in [4.69, 9.17) is 4.52 Å². The SMILES string of the molecule is CN(CCCc1cc(-c2ccccc2)no1)C(=O)c1cnn(-c2ccccc2F)c1-n1cccc1. The van der Waals surface area contributed by atoms with Crippen LogP contribution in [0.3, 0.4) is 0 Å². The van der Waals surface area contributed by atoms with Gasteiger partial charge in [-0.05, 0) is 30.7 Å². The molecule has 5 aromatic rings. The minimum atomic E-state index is -0.418. The number of aryl methyl sites for hydroxylation is 1. The van der Waals surface area contributed by atoms with E-state index in [9.17, 15) is 9.18 Å². The third kappa shape index (κ3) is 4.63. The minimum Gasteiger partial charge on any atom is -0.361 e. The molecule has 0 atom stereocenters. The number of carbonyl (C=O) groups is 1. The molecule has 2 aromatic carbocycles. The fourth-order valence-corrected chi connectivity index (χ4v) is 3.99. The van der Waals surface area contributed by atoms with Crippen LogP contribution in [-0.2, 0) is 6.42 Å². The lowest BCUT2D eigenvalue weighted by Crippen LogP contribution is -2.28. The molecule has 5 rings (SSSR count). The quantitative estimate of drug-likeness (QED) is 0.315. The van der Waals surface area contributed by atoms with Gasteiger partial charge < -0.3 is 14.0 Å². The summed E-state index contributed by atoms with van der Waals surface area (Å²) in [6, 6.07) is 21.8. The van der Waals surface area contributed by atoms with Crippen molar-refractivity contribution >= 4 is 5.91 Å². The summed E-state index contributed by atoms with van der Waals surface area (Å²) in [6.45, 7) is 0.510. The Kier molecular flexibility index (Phi) is 6.26. The normalized spacial score (nSPS) is 11.0. The van der Waals surface area contributed by atoms with Crippen LogP contribution in [0, 0.1) is 5.82 Å². The molecule has 0 bridgehead atoms. The number of hydrogen-bond acceptors (Lipinski definition) is 4. The molecule has 0 N–H and O–H groups in total. The van der Waals surface area contributed by atoms with Crippen molar-refractivity contribution in [2.75, 3.05) is 13.6 Å². The van der Waals surface area contributed by atoms with E-state index in [0.717, 1.165) is 17.0 Å². The summed E-state index contributed by atoms with van der Waals surface area (Å²) < 4.78 is 23.2. The molecule has 8 heteroatoms. The van der Waals surface area contributed by atoms with Gasteiger partial charge in [0.15, 0.2) is 5.82 Å². The second kappa shape index (κ2) is 9.80. The molecule has 3 aromatic heterocycles. The number of para-hydroxylation sites is 1. The lowest BCUT2D eigenvalue weighted by atomic mass is 10.1. The molecule has 0 aliphatic carbocycles. The van der Waals surface area contributed by atoms with Crippen LogP contribution in [0.1, 0.15) is 22.5 Å². The Balaban J connectivity index is 1.31. The average molecular weight is 470 g/mol. The number of carbonyl (C=O) groups excluding carboxylic acids is 1. The fourth-order valence-electron chi connectivity index (χ4n) is 3.99. The van der Waals surface area contributed by atoms with Gasteiger partial charge in [0, 0.05) is 44.0 Å². The Labute approximate surface area is 202 Å². The van der Waals surface area contributed by atoms with Crippen molar-refractivity contribution in [2.45, 2.75) is 12.8 Å². The van der Waals surface area contributed by atoms with E-state index >= 15 is 0 Å². The summed E-state index contributed by atoms with van der Waals surface area (Å²) in [7, 11) is 1.75. The van der Waals surface area contributed by atoms with Gasteiger partial charge in [-0.25, -0.2) is 9.07 Å². The van der Waals surface area contributed by atoms with Crippen molar-refractivity contribution in [3.63, 3.8) is 0 Å². The third-order valence-electron chi connectivity index (χ3n) is 5.80. The fraction of sp³-hybridized carbons (Fsp3) is 0.148. The van der Waals surface area contributed by atoms with E-state index in [2.05, 4.69) is 10.3 Å². The number of aromatic nitrogens is 4. The molecule has 176 valence electrons. The standard InChI is InChI=1S/C27H24FN5O2/c1-31(15-9-12-21-18-24(30-35-21)20-10-3-2-4-11-20)27(34)22-19-29-33(25-14-6-5-13-23(25)28)26(22)32-16-7-8-17-32/h2-8,10-11,13-14,16-19H,9,12,15H2,1H3. The largest absolute Gasteiger partial charge is 0.361 e. The predicted octanol–water partition coefficient (Wildman–Crippen LogP) is 5.16. The summed E-state index contributed by atoms with van der Waals surface area (Å²) in [5.74, 6) is 0.641. The molecule has 35 heavy (non-hydrogen) atoms. The van der Waals surface area contributed by atoms with Crippen LogP contribution in [0.5, 0.6) is 0 Å². The third-order valence-corrected chi connectivity index (χ3v) is 5.80. The summed E-state index contributed by atoms with van der Waals surface area (Å²) in [4.78, 5) is 15.0. The first-order valence-corrected chi connectivity index (χ1v) is 11.3. The van der Waals surface area contributed by atoms with Crippen molar-refractivity contribution in [1.82, 2.24) is 24.4 Å². The highest BCUT2D eigenvalue weighted by Gasteiger charge is 2.23. The Bertz CT molecular complexity index is 1420. The Hall–Kier alpha value is -4.46. The second-order valence-electron chi connectivity index (χ2n) is 8.21. The van der Waals surface area contributed by atoms with Crippen molar-refractivity contribution in [2.24, 2.45) is 0 Å². The Morgan fingerprint density at radius 3 is 2.54 bits per heavy atom. The van der Waals surface area contributed by atoms with Crippen LogP contribution < -0.4 is 0 Å². The number of benzene rings is 2. The molecule has 1 amide bonds. The van der Waals surface area contributed by atoms with Crippen LogP contribution in [0.4, 0.5) is 4.39 Å². The van der Waals surface area contributed by atoms with Gasteiger partial charge in [-0.15, -0.1) is 0 Å². The molecule has 7 nitrogen and oxygen atoms in total. The molecule has 0 aliphatic rings. The first-order chi connectivity index (χ1) is 17.1. The highest BCUT2D eigenvalue weighted by atomic mass is 19.1. The van der Waals surface area contributed by atoms with Gasteiger partial charge in [0.1, 0.15) is 28.5 Å². The van der Waals surface area contributed by atoms with E-state index in [-0.39, 0.29) is 11.6 Å². The van der Waals surface area contributed by atoms with Gasteiger partial charge >= 0.3 is 0 Å². The lowest BCUT2D eigenvalue weighted by Gasteiger charge is -2.18. The van der Waals surface area contributed by atoms with Crippen molar-refractivity contribution < 1.29 is 13.7 Å². The number of halogens is 1. The monoisotopic (exact) mass is 469 g/mol. The lowest BCUT2D eigenvalue weighted by molar-refractivity contribution is 0.0793. The summed E-state index contributed by atoms with van der Waals surface area (Å²) in [5, 5.41) is 8.50. The van der Waals surface area contributed by atoms with Crippen LogP contribution in [0.25, 0.3) is 22.8 Å². The van der Waals surface area contributed by atoms with Gasteiger partial charge in [0.05, 0.1) is 6.20 Å². The molecule has 0 unspecified atom stereocenters. The molecular weight excluding hydrogens is 445 g/mol. The van der Waals surface area contributed by atoms with Crippen molar-refractivity contribution in [1.29, 1.82) is 0 Å². The molecule has 0 spiro atoms. The van der Waals surface area contributed by atoms with E-state index < -0.39 is 5.82 Å². The van der Waals surface area contributed by atoms with Gasteiger partial charge in [-0.1, -0.05) is 47.6 Å². The predicted molar refractivity (Wildman–Crippen MR) is 130 cm³/mol. The van der Waals surface area contributed by atoms with E-state index in [1.807, 2.05) is 48.5 Å². The first kappa shape index (κ1) is 22.3. The number of amides is 1. The summed E-state index contributed by atoms with van der Waals surface area (Å²) >= 11 is 0. The van der Waals surface area contributed by atoms with E-state index in [1.165, 1.54) is 16.9 Å². The zero-order valence-corrected chi connectivity index (χ0v) is 19.2. The Morgan fingerprint density at radius 2 is 1.77 bits per heavy atom. The molecule has 0 aliphatic heterocycles. The zero-order chi connectivity index (χ0) is 24.2. The summed E-state index contributed by atoms with van der Waals surface area (Å²) in [6.07, 6.45) is 6.45. The maximum Gasteiger partial charge on any atom is 0.259 e. The highest BCUT2D eigenvalue weighted by molar-refractivity contribution is 5.97. The van der Waals surface area contributed by atoms with Gasteiger partial charge in [-0.2, -0.15) is 5.10 Å². The molecular formula is C27H24FN5O2. The Morgan fingerprint density at radius 1 is 1.03 bits per heavy atom. The maximum absolute atomic E-state index is 14.5. The topological polar surface area (TPSA) is 69.1 Å². The highest BCUT2D eigenvalue weighted by Crippen LogP contribution is 2.23. The van der Waals surface area contributed by atoms with Gasteiger partial charge in [0.2, 0.25) is 0 Å². The number of nitrogens with zero attached hydrogens (tertiary/aromatic N) is 5. The molecule has 0 saturated carbocycles. The molecule has 0 radical (unpaired) electrons. The number of rotatable bonds is 8. The van der Waals surface area contributed by atoms with E-state index in [1.54, 1.807) is 47.1 Å². The van der Waals surface area contributed by atoms with Crippen molar-refractivity contribution in [3.05, 3.63) is 109 Å². The maximum atomic E-state index is 14.5. The van der Waals surface area contributed by atoms with Crippen molar-refractivity contribution in [3.8, 4) is 22.8 Å². The smallest absolute Gasteiger partial charge is 0.259 e. The van der Waals surface area contributed by atoms with Crippen LogP contribution >= 0.6 is 0 Å². The van der Waals surface area contributed by atoms with Gasteiger partial charge in [-0.3, -0.25) is 4.79 Å². The van der Waals surface area contributed by atoms with Crippen LogP contribution in [-0.4, -0.2) is 43.9 Å². The summed E-state index contributed by atoms with van der Waals surface area (Å²) in [5.41, 5.74) is 2.46. The molecule has 0 fully saturated rings. The first-order valence-electron chi connectivity index (χ1n) is 11.3.